The van der Waals surface area contributed by atoms with Gasteiger partial charge in [-0.1, -0.05) is 12.1 Å². The summed E-state index contributed by atoms with van der Waals surface area (Å²) in [6, 6.07) is 6.12. The molecule has 0 radical (unpaired) electrons. The van der Waals surface area contributed by atoms with E-state index in [0.29, 0.717) is 0 Å². The van der Waals surface area contributed by atoms with Crippen molar-refractivity contribution in [3.63, 3.8) is 0 Å². The molecule has 0 amide bonds. The monoisotopic (exact) mass is 193 g/mol. The van der Waals surface area contributed by atoms with Crippen LogP contribution in [0.2, 0.25) is 0 Å². The number of para-hydroxylation sites is 1. The Morgan fingerprint density at radius 2 is 2.14 bits per heavy atom. The second-order valence-corrected chi connectivity index (χ2v) is 3.53. The highest BCUT2D eigenvalue weighted by Gasteiger charge is 2.05. The molecule has 0 heterocycles. The fraction of sp³-hybridized carbons (Fsp3) is 0.455. The molecule has 0 aromatic heterocycles. The molecule has 0 atom stereocenters. The first-order valence-corrected chi connectivity index (χ1v) is 4.87. The van der Waals surface area contributed by atoms with Crippen molar-refractivity contribution >= 4 is 11.4 Å². The number of benzene rings is 1. The maximum absolute atomic E-state index is 5.99. The number of nitrogens with one attached hydrogen (secondary N) is 1. The number of nitrogen functional groups attached to an aromatic ring is 1. The molecule has 78 valence electrons. The lowest BCUT2D eigenvalue weighted by Crippen LogP contribution is -2.27. The summed E-state index contributed by atoms with van der Waals surface area (Å²) >= 11 is 0. The Hall–Kier alpha value is -1.22. The van der Waals surface area contributed by atoms with E-state index in [9.17, 15) is 0 Å². The fourth-order valence-electron chi connectivity index (χ4n) is 1.40. The van der Waals surface area contributed by atoms with Crippen LogP contribution in [0.4, 0.5) is 11.4 Å². The van der Waals surface area contributed by atoms with Crippen molar-refractivity contribution in [3.05, 3.63) is 23.8 Å². The van der Waals surface area contributed by atoms with Gasteiger partial charge in [0.15, 0.2) is 0 Å². The maximum Gasteiger partial charge on any atom is 0.0600 e. The van der Waals surface area contributed by atoms with E-state index in [-0.39, 0.29) is 0 Å². The molecule has 0 bridgehead atoms. The number of rotatable bonds is 4. The lowest BCUT2D eigenvalue weighted by molar-refractivity contribution is 0.768. The molecule has 1 aromatic carbocycles. The van der Waals surface area contributed by atoms with Gasteiger partial charge < -0.3 is 16.0 Å². The molecule has 0 aliphatic heterocycles. The zero-order valence-corrected chi connectivity index (χ0v) is 9.17. The van der Waals surface area contributed by atoms with E-state index in [2.05, 4.69) is 23.3 Å². The topological polar surface area (TPSA) is 41.3 Å². The molecule has 0 saturated carbocycles. The van der Waals surface area contributed by atoms with Crippen LogP contribution in [0, 0.1) is 6.92 Å². The predicted octanol–water partition coefficient (Wildman–Crippen LogP) is 1.23. The van der Waals surface area contributed by atoms with Crippen LogP contribution >= 0.6 is 0 Å². The van der Waals surface area contributed by atoms with Crippen LogP contribution in [0.15, 0.2) is 18.2 Å². The molecule has 3 nitrogen and oxygen atoms in total. The third-order valence-electron chi connectivity index (χ3n) is 2.41. The molecule has 1 aromatic rings. The van der Waals surface area contributed by atoms with Crippen molar-refractivity contribution in [2.45, 2.75) is 6.92 Å². The quantitative estimate of drug-likeness (QED) is 0.707. The predicted molar refractivity (Wildman–Crippen MR) is 62.8 cm³/mol. The lowest BCUT2D eigenvalue weighted by Gasteiger charge is -2.21. The summed E-state index contributed by atoms with van der Waals surface area (Å²) in [7, 11) is 4.01. The second kappa shape index (κ2) is 4.86. The van der Waals surface area contributed by atoms with E-state index >= 15 is 0 Å². The van der Waals surface area contributed by atoms with E-state index < -0.39 is 0 Å². The molecule has 0 aliphatic carbocycles. The molecule has 0 aliphatic rings. The standard InChI is InChI=1S/C11H19N3/c1-9-5-4-6-10(11(9)12)14(3)8-7-13-2/h4-6,13H,7-8,12H2,1-3H3. The molecule has 0 saturated heterocycles. The van der Waals surface area contributed by atoms with E-state index in [4.69, 9.17) is 5.73 Å². The Kier molecular flexibility index (Phi) is 3.77. The van der Waals surface area contributed by atoms with Crippen LogP contribution < -0.4 is 16.0 Å². The van der Waals surface area contributed by atoms with E-state index in [1.807, 2.05) is 26.1 Å². The van der Waals surface area contributed by atoms with Gasteiger partial charge in [-0.25, -0.2) is 0 Å². The highest BCUT2D eigenvalue weighted by Crippen LogP contribution is 2.24. The highest BCUT2D eigenvalue weighted by molar-refractivity contribution is 5.70. The van der Waals surface area contributed by atoms with Gasteiger partial charge in [0.05, 0.1) is 11.4 Å². The van der Waals surface area contributed by atoms with Gasteiger partial charge in [0.2, 0.25) is 0 Å². The van der Waals surface area contributed by atoms with E-state index in [1.54, 1.807) is 0 Å². The van der Waals surface area contributed by atoms with Crippen LogP contribution in [-0.2, 0) is 0 Å². The number of hydrogen-bond acceptors (Lipinski definition) is 3. The second-order valence-electron chi connectivity index (χ2n) is 3.53. The SMILES string of the molecule is CNCCN(C)c1cccc(C)c1N. The minimum Gasteiger partial charge on any atom is -0.397 e. The van der Waals surface area contributed by atoms with Crippen molar-refractivity contribution in [1.29, 1.82) is 0 Å². The normalized spacial score (nSPS) is 10.2. The van der Waals surface area contributed by atoms with Crippen molar-refractivity contribution in [1.82, 2.24) is 5.32 Å². The van der Waals surface area contributed by atoms with Crippen LogP contribution in [0.5, 0.6) is 0 Å². The van der Waals surface area contributed by atoms with Gasteiger partial charge >= 0.3 is 0 Å². The van der Waals surface area contributed by atoms with Crippen molar-refractivity contribution in [3.8, 4) is 0 Å². The largest absolute Gasteiger partial charge is 0.397 e. The number of nitrogens with zero attached hydrogens (tertiary/aromatic N) is 1. The van der Waals surface area contributed by atoms with Gasteiger partial charge in [-0.05, 0) is 25.6 Å². The van der Waals surface area contributed by atoms with Crippen molar-refractivity contribution in [2.75, 3.05) is 37.8 Å². The minimum absolute atomic E-state index is 0.881. The van der Waals surface area contributed by atoms with Gasteiger partial charge in [-0.15, -0.1) is 0 Å². The van der Waals surface area contributed by atoms with Crippen LogP contribution in [0.25, 0.3) is 0 Å². The summed E-state index contributed by atoms with van der Waals surface area (Å²) in [6.07, 6.45) is 0. The Balaban J connectivity index is 2.79. The molecule has 1 rings (SSSR count). The van der Waals surface area contributed by atoms with E-state index in [0.717, 1.165) is 30.0 Å². The van der Waals surface area contributed by atoms with Crippen LogP contribution in [-0.4, -0.2) is 27.2 Å². The maximum atomic E-state index is 5.99. The molecule has 3 heteroatoms. The summed E-state index contributed by atoms with van der Waals surface area (Å²) < 4.78 is 0. The van der Waals surface area contributed by atoms with Gasteiger partial charge in [0.25, 0.3) is 0 Å². The third-order valence-corrected chi connectivity index (χ3v) is 2.41. The van der Waals surface area contributed by atoms with Gasteiger partial charge in [0, 0.05) is 20.1 Å². The summed E-state index contributed by atoms with van der Waals surface area (Å²) in [5, 5.41) is 3.12. The van der Waals surface area contributed by atoms with E-state index in [1.165, 1.54) is 0 Å². The molecule has 0 spiro atoms. The molecular formula is C11H19N3. The summed E-state index contributed by atoms with van der Waals surface area (Å²) in [4.78, 5) is 2.17. The Morgan fingerprint density at radius 3 is 2.79 bits per heavy atom. The lowest BCUT2D eigenvalue weighted by atomic mass is 10.1. The first-order valence-electron chi connectivity index (χ1n) is 4.87. The molecule has 0 unspecified atom stereocenters. The number of aryl methyl sites for hydroxylation is 1. The average molecular weight is 193 g/mol. The molecule has 0 fully saturated rings. The number of hydrogen-bond donors (Lipinski definition) is 2. The van der Waals surface area contributed by atoms with Gasteiger partial charge in [-0.2, -0.15) is 0 Å². The minimum atomic E-state index is 0.881. The first kappa shape index (κ1) is 10.9. The number of likely N-dealkylation sites (N-methyl/N-ethyl adjacent to an activating group) is 2. The van der Waals surface area contributed by atoms with Crippen molar-refractivity contribution < 1.29 is 0 Å². The molecule has 3 N–H and O–H groups in total. The Morgan fingerprint density at radius 1 is 1.43 bits per heavy atom. The summed E-state index contributed by atoms with van der Waals surface area (Å²) in [5.41, 5.74) is 9.12. The van der Waals surface area contributed by atoms with Crippen molar-refractivity contribution in [2.24, 2.45) is 0 Å². The summed E-state index contributed by atoms with van der Waals surface area (Å²) in [6.45, 7) is 3.96. The molecule has 14 heavy (non-hydrogen) atoms. The smallest absolute Gasteiger partial charge is 0.0600 e. The first-order chi connectivity index (χ1) is 6.66. The van der Waals surface area contributed by atoms with Gasteiger partial charge in [0.1, 0.15) is 0 Å². The average Bonchev–Trinajstić information content (AvgIpc) is 2.18. The Bertz CT molecular complexity index is 297. The highest BCUT2D eigenvalue weighted by atomic mass is 15.1. The van der Waals surface area contributed by atoms with Gasteiger partial charge in [-0.3, -0.25) is 0 Å². The zero-order chi connectivity index (χ0) is 10.6. The third kappa shape index (κ3) is 2.39. The zero-order valence-electron chi connectivity index (χ0n) is 9.17. The fourth-order valence-corrected chi connectivity index (χ4v) is 1.40. The molecular weight excluding hydrogens is 174 g/mol. The Labute approximate surface area is 85.9 Å². The summed E-state index contributed by atoms with van der Waals surface area (Å²) in [5.74, 6) is 0. The van der Waals surface area contributed by atoms with Crippen LogP contribution in [0.3, 0.4) is 0 Å². The number of anilines is 2. The van der Waals surface area contributed by atoms with Crippen LogP contribution in [0.1, 0.15) is 5.56 Å². The number of nitrogens with two attached hydrogens (primary N) is 1.